The molecular weight excluding hydrogens is 284 g/mol. The first kappa shape index (κ1) is 15.4. The average Bonchev–Trinajstić information content (AvgIpc) is 2.95. The van der Waals surface area contributed by atoms with Gasteiger partial charge in [-0.2, -0.15) is 16.9 Å². The number of benzene rings is 1. The number of aromatic nitrogens is 2. The first-order chi connectivity index (χ1) is 10.1. The van der Waals surface area contributed by atoms with Crippen LogP contribution in [0, 0.1) is 5.92 Å². The van der Waals surface area contributed by atoms with Gasteiger partial charge in [-0.1, -0.05) is 13.0 Å². The molecule has 1 amide bonds. The van der Waals surface area contributed by atoms with Crippen LogP contribution < -0.4 is 11.1 Å². The standard InChI is InChI=1S/C15H20N4OS/c1-11(10-21-2)9-17-15(20)14-6-7-19(18-14)13-5-3-4-12(16)8-13/h3-8,11H,9-10,16H2,1-2H3,(H,17,20). The lowest BCUT2D eigenvalue weighted by atomic mass is 10.2. The number of nitrogen functional groups attached to an aromatic ring is 1. The molecule has 21 heavy (non-hydrogen) atoms. The lowest BCUT2D eigenvalue weighted by molar-refractivity contribution is 0.0944. The SMILES string of the molecule is CSCC(C)CNC(=O)c1ccn(-c2cccc(N)c2)n1. The van der Waals surface area contributed by atoms with Gasteiger partial charge in [0.05, 0.1) is 5.69 Å². The van der Waals surface area contributed by atoms with E-state index in [2.05, 4.69) is 23.6 Å². The van der Waals surface area contributed by atoms with Crippen LogP contribution in [-0.2, 0) is 0 Å². The summed E-state index contributed by atoms with van der Waals surface area (Å²) in [6.45, 7) is 2.77. The second-order valence-electron chi connectivity index (χ2n) is 5.01. The van der Waals surface area contributed by atoms with E-state index in [0.717, 1.165) is 11.4 Å². The van der Waals surface area contributed by atoms with Crippen LogP contribution in [0.5, 0.6) is 0 Å². The highest BCUT2D eigenvalue weighted by molar-refractivity contribution is 7.98. The molecule has 3 N–H and O–H groups in total. The van der Waals surface area contributed by atoms with Gasteiger partial charge in [0.25, 0.3) is 5.91 Å². The van der Waals surface area contributed by atoms with Crippen LogP contribution in [0.3, 0.4) is 0 Å². The van der Waals surface area contributed by atoms with E-state index >= 15 is 0 Å². The van der Waals surface area contributed by atoms with Gasteiger partial charge in [-0.3, -0.25) is 4.79 Å². The molecule has 1 heterocycles. The van der Waals surface area contributed by atoms with E-state index in [4.69, 9.17) is 5.73 Å². The van der Waals surface area contributed by atoms with Crippen molar-refractivity contribution in [2.24, 2.45) is 5.92 Å². The number of nitrogens with two attached hydrogens (primary N) is 1. The van der Waals surface area contributed by atoms with Crippen LogP contribution in [0.25, 0.3) is 5.69 Å². The highest BCUT2D eigenvalue weighted by Crippen LogP contribution is 2.11. The van der Waals surface area contributed by atoms with Crippen molar-refractivity contribution >= 4 is 23.4 Å². The first-order valence-corrected chi connectivity index (χ1v) is 8.18. The number of nitrogens with one attached hydrogen (secondary N) is 1. The van der Waals surface area contributed by atoms with Crippen LogP contribution in [0.2, 0.25) is 0 Å². The minimum Gasteiger partial charge on any atom is -0.399 e. The Kier molecular flexibility index (Phi) is 5.27. The highest BCUT2D eigenvalue weighted by Gasteiger charge is 2.11. The van der Waals surface area contributed by atoms with Crippen molar-refractivity contribution in [3.63, 3.8) is 0 Å². The minimum absolute atomic E-state index is 0.148. The molecule has 0 saturated heterocycles. The molecule has 0 aliphatic rings. The van der Waals surface area contributed by atoms with Crippen LogP contribution in [-0.4, -0.2) is 34.2 Å². The van der Waals surface area contributed by atoms with Gasteiger partial charge in [-0.05, 0) is 42.2 Å². The summed E-state index contributed by atoms with van der Waals surface area (Å²) in [5.74, 6) is 1.32. The summed E-state index contributed by atoms with van der Waals surface area (Å²) in [5.41, 5.74) is 7.66. The van der Waals surface area contributed by atoms with E-state index in [-0.39, 0.29) is 5.91 Å². The molecule has 0 aliphatic heterocycles. The number of anilines is 1. The van der Waals surface area contributed by atoms with E-state index < -0.39 is 0 Å². The molecule has 6 heteroatoms. The average molecular weight is 304 g/mol. The predicted octanol–water partition coefficient (Wildman–Crippen LogP) is 2.18. The third-order valence-electron chi connectivity index (χ3n) is 3.02. The Morgan fingerprint density at radius 1 is 1.48 bits per heavy atom. The van der Waals surface area contributed by atoms with Gasteiger partial charge in [0, 0.05) is 18.4 Å². The molecule has 0 spiro atoms. The number of nitrogens with zero attached hydrogens (tertiary/aromatic N) is 2. The van der Waals surface area contributed by atoms with E-state index in [1.807, 2.05) is 24.3 Å². The van der Waals surface area contributed by atoms with Crippen molar-refractivity contribution in [2.45, 2.75) is 6.92 Å². The van der Waals surface area contributed by atoms with Gasteiger partial charge >= 0.3 is 0 Å². The van der Waals surface area contributed by atoms with Crippen LogP contribution in [0.1, 0.15) is 17.4 Å². The van der Waals surface area contributed by atoms with Crippen LogP contribution >= 0.6 is 11.8 Å². The molecule has 112 valence electrons. The fraction of sp³-hybridized carbons (Fsp3) is 0.333. The van der Waals surface area contributed by atoms with Crippen molar-refractivity contribution in [1.82, 2.24) is 15.1 Å². The highest BCUT2D eigenvalue weighted by atomic mass is 32.2. The molecule has 0 bridgehead atoms. The molecule has 1 atom stereocenters. The quantitative estimate of drug-likeness (QED) is 0.802. The molecule has 1 aromatic heterocycles. The molecule has 5 nitrogen and oxygen atoms in total. The monoisotopic (exact) mass is 304 g/mol. The fourth-order valence-corrected chi connectivity index (χ4v) is 2.64. The predicted molar refractivity (Wildman–Crippen MR) is 87.9 cm³/mol. The fourth-order valence-electron chi connectivity index (χ4n) is 1.96. The summed E-state index contributed by atoms with van der Waals surface area (Å²) in [6.07, 6.45) is 3.82. The Labute approximate surface area is 128 Å². The molecule has 2 aromatic rings. The smallest absolute Gasteiger partial charge is 0.271 e. The number of hydrogen-bond donors (Lipinski definition) is 2. The Bertz CT molecular complexity index is 611. The van der Waals surface area contributed by atoms with Gasteiger partial charge in [0.2, 0.25) is 0 Å². The lowest BCUT2D eigenvalue weighted by Gasteiger charge is -2.10. The van der Waals surface area contributed by atoms with Gasteiger partial charge in [-0.25, -0.2) is 4.68 Å². The van der Waals surface area contributed by atoms with Gasteiger partial charge in [0.15, 0.2) is 5.69 Å². The van der Waals surface area contributed by atoms with Crippen molar-refractivity contribution in [3.8, 4) is 5.69 Å². The zero-order valence-electron chi connectivity index (χ0n) is 12.2. The van der Waals surface area contributed by atoms with E-state index in [9.17, 15) is 4.79 Å². The van der Waals surface area contributed by atoms with Crippen LogP contribution in [0.4, 0.5) is 5.69 Å². The molecule has 0 aliphatic carbocycles. The third-order valence-corrected chi connectivity index (χ3v) is 3.92. The molecule has 1 unspecified atom stereocenters. The molecule has 0 saturated carbocycles. The van der Waals surface area contributed by atoms with Gasteiger partial charge < -0.3 is 11.1 Å². The number of amides is 1. The van der Waals surface area contributed by atoms with Crippen LogP contribution in [0.15, 0.2) is 36.5 Å². The minimum atomic E-state index is -0.148. The second-order valence-corrected chi connectivity index (χ2v) is 5.92. The molecule has 2 rings (SSSR count). The first-order valence-electron chi connectivity index (χ1n) is 6.79. The molecule has 0 radical (unpaired) electrons. The molecule has 0 fully saturated rings. The van der Waals surface area contributed by atoms with Crippen molar-refractivity contribution in [3.05, 3.63) is 42.2 Å². The summed E-state index contributed by atoms with van der Waals surface area (Å²) in [5, 5.41) is 7.20. The number of carbonyl (C=O) groups is 1. The molecule has 1 aromatic carbocycles. The maximum Gasteiger partial charge on any atom is 0.271 e. The zero-order chi connectivity index (χ0) is 15.2. The largest absolute Gasteiger partial charge is 0.399 e. The summed E-state index contributed by atoms with van der Waals surface area (Å²) >= 11 is 1.78. The Balaban J connectivity index is 2.01. The lowest BCUT2D eigenvalue weighted by Crippen LogP contribution is -2.29. The number of hydrogen-bond acceptors (Lipinski definition) is 4. The maximum atomic E-state index is 12.0. The maximum absolute atomic E-state index is 12.0. The summed E-state index contributed by atoms with van der Waals surface area (Å²) < 4.78 is 1.65. The normalized spacial score (nSPS) is 12.1. The number of rotatable bonds is 6. The summed E-state index contributed by atoms with van der Waals surface area (Å²) in [6, 6.07) is 9.09. The van der Waals surface area contributed by atoms with Crippen molar-refractivity contribution < 1.29 is 4.79 Å². The summed E-state index contributed by atoms with van der Waals surface area (Å²) in [7, 11) is 0. The van der Waals surface area contributed by atoms with E-state index in [1.165, 1.54) is 0 Å². The van der Waals surface area contributed by atoms with Crippen molar-refractivity contribution in [2.75, 3.05) is 24.3 Å². The van der Waals surface area contributed by atoms with Gasteiger partial charge in [-0.15, -0.1) is 0 Å². The zero-order valence-corrected chi connectivity index (χ0v) is 13.1. The Morgan fingerprint density at radius 2 is 2.29 bits per heavy atom. The Hall–Kier alpha value is -1.95. The Morgan fingerprint density at radius 3 is 3.00 bits per heavy atom. The number of thioether (sulfide) groups is 1. The topological polar surface area (TPSA) is 72.9 Å². The molecular formula is C15H20N4OS. The second kappa shape index (κ2) is 7.17. The summed E-state index contributed by atoms with van der Waals surface area (Å²) in [4.78, 5) is 12.0. The van der Waals surface area contributed by atoms with Crippen molar-refractivity contribution in [1.29, 1.82) is 0 Å². The number of carbonyl (C=O) groups excluding carboxylic acids is 1. The van der Waals surface area contributed by atoms with Gasteiger partial charge in [0.1, 0.15) is 0 Å². The third kappa shape index (κ3) is 4.26. The van der Waals surface area contributed by atoms with E-state index in [1.54, 1.807) is 28.7 Å². The van der Waals surface area contributed by atoms with E-state index in [0.29, 0.717) is 23.8 Å².